The predicted molar refractivity (Wildman–Crippen MR) is 78.1 cm³/mol. The molecule has 2 rings (SSSR count). The van der Waals surface area contributed by atoms with Crippen molar-refractivity contribution in [1.82, 2.24) is 5.32 Å². The van der Waals surface area contributed by atoms with Crippen LogP contribution in [0.15, 0.2) is 53.1 Å². The van der Waals surface area contributed by atoms with Crippen LogP contribution in [-0.2, 0) is 17.6 Å². The molecule has 0 aliphatic heterocycles. The minimum absolute atomic E-state index is 0.00269. The van der Waals surface area contributed by atoms with Gasteiger partial charge in [-0.1, -0.05) is 30.3 Å². The maximum Gasteiger partial charge on any atom is 0.224 e. The van der Waals surface area contributed by atoms with Gasteiger partial charge in [-0.3, -0.25) is 4.79 Å². The quantitative estimate of drug-likeness (QED) is 0.807. The second kappa shape index (κ2) is 7.50. The van der Waals surface area contributed by atoms with E-state index in [2.05, 4.69) is 5.32 Å². The van der Waals surface area contributed by atoms with Crippen molar-refractivity contribution in [3.63, 3.8) is 0 Å². The molecule has 0 aliphatic rings. The molecule has 0 bridgehead atoms. The lowest BCUT2D eigenvalue weighted by Gasteiger charge is -2.14. The van der Waals surface area contributed by atoms with Gasteiger partial charge in [0.15, 0.2) is 0 Å². The minimum atomic E-state index is -0.186. The number of hydrogen-bond acceptors (Lipinski definition) is 3. The first-order valence-electron chi connectivity index (χ1n) is 6.83. The predicted octanol–water partition coefficient (Wildman–Crippen LogP) is 1.76. The van der Waals surface area contributed by atoms with Crippen LogP contribution >= 0.6 is 0 Å². The second-order valence-electron chi connectivity index (χ2n) is 4.74. The molecule has 1 atom stereocenters. The molecule has 0 saturated carbocycles. The number of furan rings is 1. The Morgan fingerprint density at radius 1 is 1.20 bits per heavy atom. The van der Waals surface area contributed by atoms with Gasteiger partial charge in [0.2, 0.25) is 5.91 Å². The standard InChI is InChI=1S/C16H20N2O2/c17-12-14(11-13-5-2-1-3-6-13)16(19)18-9-8-15-7-4-10-20-15/h1-7,10,14H,8-9,11-12,17H2,(H,18,19). The third-order valence-corrected chi connectivity index (χ3v) is 3.23. The largest absolute Gasteiger partial charge is 0.469 e. The highest BCUT2D eigenvalue weighted by molar-refractivity contribution is 5.79. The second-order valence-corrected chi connectivity index (χ2v) is 4.74. The summed E-state index contributed by atoms with van der Waals surface area (Å²) in [6.45, 7) is 0.916. The van der Waals surface area contributed by atoms with Gasteiger partial charge >= 0.3 is 0 Å². The summed E-state index contributed by atoms with van der Waals surface area (Å²) in [5.41, 5.74) is 6.84. The summed E-state index contributed by atoms with van der Waals surface area (Å²) < 4.78 is 5.22. The topological polar surface area (TPSA) is 68.3 Å². The molecular formula is C16H20N2O2. The van der Waals surface area contributed by atoms with Crippen molar-refractivity contribution >= 4 is 5.91 Å². The van der Waals surface area contributed by atoms with Crippen LogP contribution in [0.5, 0.6) is 0 Å². The Morgan fingerprint density at radius 2 is 2.00 bits per heavy atom. The summed E-state index contributed by atoms with van der Waals surface area (Å²) >= 11 is 0. The molecule has 1 amide bonds. The van der Waals surface area contributed by atoms with E-state index in [-0.39, 0.29) is 11.8 Å². The van der Waals surface area contributed by atoms with Gasteiger partial charge in [0, 0.05) is 19.5 Å². The maximum atomic E-state index is 12.1. The number of hydrogen-bond donors (Lipinski definition) is 2. The number of rotatable bonds is 7. The van der Waals surface area contributed by atoms with Gasteiger partial charge in [-0.25, -0.2) is 0 Å². The van der Waals surface area contributed by atoms with Gasteiger partial charge < -0.3 is 15.5 Å². The summed E-state index contributed by atoms with van der Waals surface area (Å²) in [6.07, 6.45) is 3.00. The fraction of sp³-hybridized carbons (Fsp3) is 0.312. The van der Waals surface area contributed by atoms with Gasteiger partial charge in [0.25, 0.3) is 0 Å². The molecule has 0 radical (unpaired) electrons. The van der Waals surface area contributed by atoms with Crippen molar-refractivity contribution in [2.24, 2.45) is 11.7 Å². The highest BCUT2D eigenvalue weighted by atomic mass is 16.3. The molecule has 0 aliphatic carbocycles. The van der Waals surface area contributed by atoms with Crippen LogP contribution in [0.1, 0.15) is 11.3 Å². The van der Waals surface area contributed by atoms with E-state index >= 15 is 0 Å². The van der Waals surface area contributed by atoms with Crippen molar-refractivity contribution in [1.29, 1.82) is 0 Å². The molecule has 3 N–H and O–H groups in total. The van der Waals surface area contributed by atoms with E-state index in [9.17, 15) is 4.79 Å². The molecule has 4 nitrogen and oxygen atoms in total. The minimum Gasteiger partial charge on any atom is -0.469 e. The molecular weight excluding hydrogens is 252 g/mol. The molecule has 1 aromatic heterocycles. The summed E-state index contributed by atoms with van der Waals surface area (Å²) in [5, 5.41) is 2.91. The van der Waals surface area contributed by atoms with E-state index in [1.807, 2.05) is 42.5 Å². The molecule has 0 saturated heterocycles. The monoisotopic (exact) mass is 272 g/mol. The molecule has 1 heterocycles. The summed E-state index contributed by atoms with van der Waals surface area (Å²) in [7, 11) is 0. The lowest BCUT2D eigenvalue weighted by molar-refractivity contribution is -0.124. The van der Waals surface area contributed by atoms with E-state index < -0.39 is 0 Å². The normalized spacial score (nSPS) is 12.1. The average Bonchev–Trinajstić information content (AvgIpc) is 2.99. The van der Waals surface area contributed by atoms with Gasteiger partial charge in [-0.05, 0) is 24.1 Å². The first-order valence-corrected chi connectivity index (χ1v) is 6.83. The van der Waals surface area contributed by atoms with E-state index in [0.29, 0.717) is 25.9 Å². The molecule has 106 valence electrons. The molecule has 0 fully saturated rings. The lowest BCUT2D eigenvalue weighted by Crippen LogP contribution is -2.37. The third kappa shape index (κ3) is 4.24. The van der Waals surface area contributed by atoms with E-state index in [1.165, 1.54) is 0 Å². The van der Waals surface area contributed by atoms with E-state index in [1.54, 1.807) is 6.26 Å². The zero-order valence-electron chi connectivity index (χ0n) is 11.4. The number of benzene rings is 1. The Bertz CT molecular complexity index is 509. The number of nitrogens with one attached hydrogen (secondary N) is 1. The van der Waals surface area contributed by atoms with Gasteiger partial charge in [-0.2, -0.15) is 0 Å². The Balaban J connectivity index is 1.79. The van der Waals surface area contributed by atoms with Crippen molar-refractivity contribution in [3.05, 3.63) is 60.1 Å². The smallest absolute Gasteiger partial charge is 0.224 e. The lowest BCUT2D eigenvalue weighted by atomic mass is 9.98. The summed E-state index contributed by atoms with van der Waals surface area (Å²) in [6, 6.07) is 13.7. The summed E-state index contributed by atoms with van der Waals surface area (Å²) in [5.74, 6) is 0.689. The van der Waals surface area contributed by atoms with Crippen LogP contribution in [-0.4, -0.2) is 19.0 Å². The SMILES string of the molecule is NCC(Cc1ccccc1)C(=O)NCCc1ccco1. The number of carbonyl (C=O) groups is 1. The zero-order valence-corrected chi connectivity index (χ0v) is 11.4. The van der Waals surface area contributed by atoms with Crippen LogP contribution in [0.4, 0.5) is 0 Å². The van der Waals surface area contributed by atoms with Crippen molar-refractivity contribution in [3.8, 4) is 0 Å². The molecule has 1 aromatic carbocycles. The van der Waals surface area contributed by atoms with Crippen LogP contribution in [0.25, 0.3) is 0 Å². The van der Waals surface area contributed by atoms with Crippen LogP contribution in [0.2, 0.25) is 0 Å². The molecule has 4 heteroatoms. The molecule has 0 spiro atoms. The van der Waals surface area contributed by atoms with E-state index in [4.69, 9.17) is 10.2 Å². The zero-order chi connectivity index (χ0) is 14.2. The first-order chi connectivity index (χ1) is 9.79. The average molecular weight is 272 g/mol. The first kappa shape index (κ1) is 14.3. The van der Waals surface area contributed by atoms with Crippen LogP contribution in [0, 0.1) is 5.92 Å². The number of carbonyl (C=O) groups excluding carboxylic acids is 1. The van der Waals surface area contributed by atoms with Crippen molar-refractivity contribution in [2.45, 2.75) is 12.8 Å². The Labute approximate surface area is 119 Å². The fourth-order valence-corrected chi connectivity index (χ4v) is 2.09. The highest BCUT2D eigenvalue weighted by Crippen LogP contribution is 2.08. The van der Waals surface area contributed by atoms with Crippen LogP contribution < -0.4 is 11.1 Å². The van der Waals surface area contributed by atoms with Gasteiger partial charge in [0.05, 0.1) is 12.2 Å². The van der Waals surface area contributed by atoms with E-state index in [0.717, 1.165) is 11.3 Å². The van der Waals surface area contributed by atoms with Gasteiger partial charge in [-0.15, -0.1) is 0 Å². The Hall–Kier alpha value is -2.07. The highest BCUT2D eigenvalue weighted by Gasteiger charge is 2.16. The molecule has 1 unspecified atom stereocenters. The van der Waals surface area contributed by atoms with Gasteiger partial charge in [0.1, 0.15) is 5.76 Å². The Morgan fingerprint density at radius 3 is 2.65 bits per heavy atom. The summed E-state index contributed by atoms with van der Waals surface area (Å²) in [4.78, 5) is 12.1. The van der Waals surface area contributed by atoms with Crippen LogP contribution in [0.3, 0.4) is 0 Å². The fourth-order valence-electron chi connectivity index (χ4n) is 2.09. The number of nitrogens with two attached hydrogens (primary N) is 1. The Kier molecular flexibility index (Phi) is 5.38. The third-order valence-electron chi connectivity index (χ3n) is 3.23. The van der Waals surface area contributed by atoms with Crippen molar-refractivity contribution in [2.75, 3.05) is 13.1 Å². The molecule has 20 heavy (non-hydrogen) atoms. The molecule has 2 aromatic rings. The maximum absolute atomic E-state index is 12.1. The van der Waals surface area contributed by atoms with Crippen molar-refractivity contribution < 1.29 is 9.21 Å². The number of amides is 1.